The lowest BCUT2D eigenvalue weighted by atomic mass is 9.88. The van der Waals surface area contributed by atoms with Crippen molar-refractivity contribution in [2.45, 2.75) is 12.3 Å². The van der Waals surface area contributed by atoms with E-state index in [9.17, 15) is 9.90 Å². The lowest BCUT2D eigenvalue weighted by molar-refractivity contribution is -0.137. The monoisotopic (exact) mass is 386 g/mol. The molecule has 0 aliphatic rings. The second kappa shape index (κ2) is 8.21. The van der Waals surface area contributed by atoms with Crippen molar-refractivity contribution in [3.05, 3.63) is 88.2 Å². The number of benzene rings is 2. The smallest absolute Gasteiger partial charge is 0.304 e. The van der Waals surface area contributed by atoms with E-state index in [1.165, 1.54) is 0 Å². The Morgan fingerprint density at radius 3 is 2.42 bits per heavy atom. The topological polar surface area (TPSA) is 62.2 Å². The van der Waals surface area contributed by atoms with Gasteiger partial charge in [0.1, 0.15) is 0 Å². The zero-order valence-electron chi connectivity index (χ0n) is 13.7. The van der Waals surface area contributed by atoms with E-state index >= 15 is 0 Å². The summed E-state index contributed by atoms with van der Waals surface area (Å²) in [7, 11) is 0. The maximum Gasteiger partial charge on any atom is 0.304 e. The van der Waals surface area contributed by atoms with Crippen molar-refractivity contribution >= 4 is 40.5 Å². The summed E-state index contributed by atoms with van der Waals surface area (Å²) >= 11 is 12.5. The number of pyridine rings is 1. The molecule has 132 valence electrons. The average Bonchev–Trinajstić information content (AvgIpc) is 2.64. The zero-order chi connectivity index (χ0) is 18.5. The van der Waals surface area contributed by atoms with Crippen LogP contribution in [-0.2, 0) is 4.79 Å². The van der Waals surface area contributed by atoms with Crippen LogP contribution in [0.2, 0.25) is 10.0 Å². The predicted octanol–water partition coefficient (Wildman–Crippen LogP) is 5.74. The molecule has 0 spiro atoms. The molecule has 0 amide bonds. The minimum atomic E-state index is -0.885. The highest BCUT2D eigenvalue weighted by atomic mass is 35.5. The minimum absolute atomic E-state index is 0.0549. The summed E-state index contributed by atoms with van der Waals surface area (Å²) in [5.41, 5.74) is 2.99. The molecular formula is C20H16Cl2N2O2. The molecule has 0 aliphatic heterocycles. The van der Waals surface area contributed by atoms with Crippen LogP contribution in [0, 0.1) is 0 Å². The Hall–Kier alpha value is -2.56. The summed E-state index contributed by atoms with van der Waals surface area (Å²) in [5, 5.41) is 13.6. The number of hydrogen-bond acceptors (Lipinski definition) is 3. The van der Waals surface area contributed by atoms with Crippen molar-refractivity contribution in [1.29, 1.82) is 0 Å². The fourth-order valence-corrected chi connectivity index (χ4v) is 3.32. The molecule has 3 aromatic rings. The lowest BCUT2D eigenvalue weighted by Gasteiger charge is -2.21. The molecule has 1 heterocycles. The number of para-hydroxylation sites is 2. The number of hydrogen-bond donors (Lipinski definition) is 2. The van der Waals surface area contributed by atoms with Crippen LogP contribution >= 0.6 is 23.2 Å². The molecule has 0 saturated heterocycles. The van der Waals surface area contributed by atoms with Gasteiger partial charge in [0.2, 0.25) is 0 Å². The van der Waals surface area contributed by atoms with Crippen LogP contribution in [0.25, 0.3) is 0 Å². The molecule has 1 aromatic heterocycles. The molecule has 1 unspecified atom stereocenters. The maximum absolute atomic E-state index is 11.5. The highest BCUT2D eigenvalue weighted by Crippen LogP contribution is 2.38. The number of aliphatic carboxylic acids is 1. The fraction of sp³-hybridized carbons (Fsp3) is 0.100. The number of carboxylic acid groups (broad SMARTS) is 1. The average molecular weight is 387 g/mol. The zero-order valence-corrected chi connectivity index (χ0v) is 15.2. The van der Waals surface area contributed by atoms with Crippen molar-refractivity contribution in [2.75, 3.05) is 5.32 Å². The van der Waals surface area contributed by atoms with Gasteiger partial charge < -0.3 is 10.4 Å². The molecule has 0 saturated carbocycles. The molecule has 6 heteroatoms. The van der Waals surface area contributed by atoms with Gasteiger partial charge in [-0.1, -0.05) is 53.5 Å². The minimum Gasteiger partial charge on any atom is -0.481 e. The van der Waals surface area contributed by atoms with Crippen LogP contribution in [0.1, 0.15) is 23.5 Å². The van der Waals surface area contributed by atoms with Crippen LogP contribution in [0.15, 0.2) is 67.0 Å². The number of nitrogens with zero attached hydrogens (tertiary/aromatic N) is 1. The summed E-state index contributed by atoms with van der Waals surface area (Å²) in [6, 6.07) is 16.4. The Morgan fingerprint density at radius 1 is 1.04 bits per heavy atom. The van der Waals surface area contributed by atoms with Crippen LogP contribution in [0.3, 0.4) is 0 Å². The summed E-state index contributed by atoms with van der Waals surface area (Å²) < 4.78 is 0. The van der Waals surface area contributed by atoms with Gasteiger partial charge in [0.15, 0.2) is 0 Å². The molecule has 0 radical (unpaired) electrons. The van der Waals surface area contributed by atoms with Crippen molar-refractivity contribution in [2.24, 2.45) is 0 Å². The highest BCUT2D eigenvalue weighted by Gasteiger charge is 2.21. The molecule has 1 atom stereocenters. The molecule has 2 aromatic carbocycles. The first-order valence-corrected chi connectivity index (χ1v) is 8.73. The summed E-state index contributed by atoms with van der Waals surface area (Å²) in [5.74, 6) is -1.24. The summed E-state index contributed by atoms with van der Waals surface area (Å²) in [4.78, 5) is 15.6. The first-order chi connectivity index (χ1) is 12.6. The Labute approximate surface area is 161 Å². The fourth-order valence-electron chi connectivity index (χ4n) is 2.83. The Morgan fingerprint density at radius 2 is 1.77 bits per heavy atom. The number of aromatic nitrogens is 1. The predicted molar refractivity (Wildman–Crippen MR) is 105 cm³/mol. The molecule has 0 aliphatic carbocycles. The van der Waals surface area contributed by atoms with Gasteiger partial charge in [-0.3, -0.25) is 9.78 Å². The van der Waals surface area contributed by atoms with E-state index in [0.717, 1.165) is 16.8 Å². The van der Waals surface area contributed by atoms with Gasteiger partial charge in [-0.15, -0.1) is 0 Å². The van der Waals surface area contributed by atoms with E-state index in [4.69, 9.17) is 23.2 Å². The van der Waals surface area contributed by atoms with Crippen LogP contribution in [0.4, 0.5) is 11.4 Å². The molecule has 0 fully saturated rings. The molecule has 0 bridgehead atoms. The van der Waals surface area contributed by atoms with E-state index in [-0.39, 0.29) is 12.3 Å². The number of anilines is 2. The van der Waals surface area contributed by atoms with E-state index in [1.807, 2.05) is 30.3 Å². The third-order valence-corrected chi connectivity index (χ3v) is 4.65. The first-order valence-electron chi connectivity index (χ1n) is 7.98. The van der Waals surface area contributed by atoms with Crippen molar-refractivity contribution in [3.8, 4) is 0 Å². The van der Waals surface area contributed by atoms with Gasteiger partial charge in [-0.2, -0.15) is 0 Å². The standard InChI is InChI=1S/C20H16Cl2N2O2/c21-16-7-3-8-17(22)20(16)24-18-9-2-1-6-14(18)15(11-19(25)26)13-5-4-10-23-12-13/h1-10,12,15,24H,11H2,(H,25,26). The third kappa shape index (κ3) is 4.15. The maximum atomic E-state index is 11.5. The largest absolute Gasteiger partial charge is 0.481 e. The third-order valence-electron chi connectivity index (χ3n) is 4.02. The summed E-state index contributed by atoms with van der Waals surface area (Å²) in [6.07, 6.45) is 3.29. The number of rotatable bonds is 6. The Balaban J connectivity index is 2.05. The van der Waals surface area contributed by atoms with Gasteiger partial charge in [-0.05, 0) is 35.4 Å². The van der Waals surface area contributed by atoms with Gasteiger partial charge >= 0.3 is 5.97 Å². The van der Waals surface area contributed by atoms with E-state index in [1.54, 1.807) is 36.7 Å². The molecular weight excluding hydrogens is 371 g/mol. The van der Waals surface area contributed by atoms with E-state index < -0.39 is 5.97 Å². The van der Waals surface area contributed by atoms with Gasteiger partial charge in [-0.25, -0.2) is 0 Å². The molecule has 4 nitrogen and oxygen atoms in total. The Bertz CT molecular complexity index is 896. The molecule has 3 rings (SSSR count). The second-order valence-corrected chi connectivity index (χ2v) is 6.56. The van der Waals surface area contributed by atoms with Gasteiger partial charge in [0.05, 0.1) is 22.2 Å². The lowest BCUT2D eigenvalue weighted by Crippen LogP contribution is -2.10. The SMILES string of the molecule is O=C(O)CC(c1cccnc1)c1ccccc1Nc1c(Cl)cccc1Cl. The van der Waals surface area contributed by atoms with Crippen LogP contribution < -0.4 is 5.32 Å². The Kier molecular flexibility index (Phi) is 5.76. The number of nitrogens with one attached hydrogen (secondary N) is 1. The van der Waals surface area contributed by atoms with E-state index in [0.29, 0.717) is 15.7 Å². The van der Waals surface area contributed by atoms with Crippen molar-refractivity contribution in [3.63, 3.8) is 0 Å². The van der Waals surface area contributed by atoms with Crippen molar-refractivity contribution < 1.29 is 9.90 Å². The van der Waals surface area contributed by atoms with Crippen LogP contribution in [-0.4, -0.2) is 16.1 Å². The quantitative estimate of drug-likeness (QED) is 0.566. The summed E-state index contributed by atoms with van der Waals surface area (Å²) in [6.45, 7) is 0. The normalized spacial score (nSPS) is 11.8. The number of carbonyl (C=O) groups is 1. The molecule has 26 heavy (non-hydrogen) atoms. The highest BCUT2D eigenvalue weighted by molar-refractivity contribution is 6.39. The number of carboxylic acids is 1. The van der Waals surface area contributed by atoms with E-state index in [2.05, 4.69) is 10.3 Å². The number of halogens is 2. The van der Waals surface area contributed by atoms with Gasteiger partial charge in [0.25, 0.3) is 0 Å². The first kappa shape index (κ1) is 18.2. The van der Waals surface area contributed by atoms with Crippen molar-refractivity contribution in [1.82, 2.24) is 4.98 Å². The molecule has 2 N–H and O–H groups in total. The van der Waals surface area contributed by atoms with Gasteiger partial charge in [0, 0.05) is 24.0 Å². The second-order valence-electron chi connectivity index (χ2n) is 5.75. The van der Waals surface area contributed by atoms with Crippen LogP contribution in [0.5, 0.6) is 0 Å².